The Morgan fingerprint density at radius 1 is 0.815 bits per heavy atom. The first-order chi connectivity index (χ1) is 13.2. The molecule has 0 aliphatic rings. The number of aromatic hydroxyl groups is 1. The molecule has 0 saturated heterocycles. The lowest BCUT2D eigenvalue weighted by atomic mass is 10.1. The first-order valence-corrected chi connectivity index (χ1v) is 9.45. The molecule has 1 N–H and O–H groups in total. The Morgan fingerprint density at radius 2 is 1.52 bits per heavy atom. The first kappa shape index (κ1) is 19.0. The van der Waals surface area contributed by atoms with E-state index in [4.69, 9.17) is 14.2 Å². The predicted octanol–water partition coefficient (Wildman–Crippen LogP) is 5.38. The molecular weight excluding hydrogens is 360 g/mol. The van der Waals surface area contributed by atoms with Crippen molar-refractivity contribution in [2.75, 3.05) is 21.3 Å². The van der Waals surface area contributed by atoms with E-state index in [1.165, 1.54) is 0 Å². The third-order valence-corrected chi connectivity index (χ3v) is 5.33. The van der Waals surface area contributed by atoms with Crippen molar-refractivity contribution in [3.63, 3.8) is 0 Å². The van der Waals surface area contributed by atoms with E-state index in [0.717, 1.165) is 33.1 Å². The zero-order chi connectivity index (χ0) is 19.2. The summed E-state index contributed by atoms with van der Waals surface area (Å²) in [6.45, 7) is 0. The van der Waals surface area contributed by atoms with Gasteiger partial charge in [-0.1, -0.05) is 30.3 Å². The largest absolute Gasteiger partial charge is 0.508 e. The number of phenols is 1. The van der Waals surface area contributed by atoms with E-state index >= 15 is 0 Å². The smallest absolute Gasteiger partial charge is 0.130 e. The molecule has 0 heterocycles. The van der Waals surface area contributed by atoms with Crippen molar-refractivity contribution in [2.24, 2.45) is 0 Å². The van der Waals surface area contributed by atoms with Crippen molar-refractivity contribution in [2.45, 2.75) is 10.6 Å². The second-order valence-electron chi connectivity index (χ2n) is 5.85. The summed E-state index contributed by atoms with van der Waals surface area (Å²) in [5.74, 6) is 3.08. The summed E-state index contributed by atoms with van der Waals surface area (Å²) in [4.78, 5) is 1.11. The molecule has 0 saturated carbocycles. The van der Waals surface area contributed by atoms with Crippen molar-refractivity contribution in [1.29, 1.82) is 0 Å². The second-order valence-corrected chi connectivity index (χ2v) is 6.86. The Balaban J connectivity index is 1.92. The van der Waals surface area contributed by atoms with E-state index in [-0.39, 0.29) is 5.75 Å². The lowest BCUT2D eigenvalue weighted by Gasteiger charge is -2.16. The van der Waals surface area contributed by atoms with Crippen molar-refractivity contribution < 1.29 is 19.3 Å². The number of hydrogen-bond donors (Lipinski definition) is 1. The van der Waals surface area contributed by atoms with Crippen LogP contribution >= 0.6 is 11.8 Å². The number of methoxy groups -OCH3 is 3. The number of phenolic OH excluding ortho intramolecular Hbond substituents is 1. The highest BCUT2D eigenvalue weighted by molar-refractivity contribution is 7.98. The van der Waals surface area contributed by atoms with Gasteiger partial charge in [-0.05, 0) is 29.3 Å². The van der Waals surface area contributed by atoms with Gasteiger partial charge in [-0.15, -0.1) is 11.8 Å². The fourth-order valence-corrected chi connectivity index (χ4v) is 3.97. The van der Waals surface area contributed by atoms with E-state index in [1.54, 1.807) is 45.2 Å². The standard InChI is InChI=1S/C22H22O4S/c1-24-17-12-20(25-2)19(21(13-17)26-3)14-27-22-10-5-4-9-18(22)15-7-6-8-16(23)11-15/h4-13,23H,14H2,1-3H3. The van der Waals surface area contributed by atoms with Gasteiger partial charge in [-0.25, -0.2) is 0 Å². The fraction of sp³-hybridized carbons (Fsp3) is 0.182. The number of hydrogen-bond acceptors (Lipinski definition) is 5. The van der Waals surface area contributed by atoms with Gasteiger partial charge in [0.05, 0.1) is 21.3 Å². The maximum absolute atomic E-state index is 9.81. The van der Waals surface area contributed by atoms with E-state index in [2.05, 4.69) is 12.1 Å². The predicted molar refractivity (Wildman–Crippen MR) is 109 cm³/mol. The molecule has 140 valence electrons. The Kier molecular flexibility index (Phi) is 6.14. The van der Waals surface area contributed by atoms with Crippen molar-refractivity contribution >= 4 is 11.8 Å². The lowest BCUT2D eigenvalue weighted by Crippen LogP contribution is -1.97. The van der Waals surface area contributed by atoms with Crippen molar-refractivity contribution in [3.8, 4) is 34.1 Å². The van der Waals surface area contributed by atoms with Crippen LogP contribution in [-0.2, 0) is 5.75 Å². The molecule has 0 bridgehead atoms. The molecule has 0 atom stereocenters. The van der Waals surface area contributed by atoms with Crippen LogP contribution in [0.5, 0.6) is 23.0 Å². The van der Waals surface area contributed by atoms with Crippen LogP contribution in [0.15, 0.2) is 65.6 Å². The van der Waals surface area contributed by atoms with Gasteiger partial charge in [0.2, 0.25) is 0 Å². The minimum absolute atomic E-state index is 0.255. The monoisotopic (exact) mass is 382 g/mol. The second kappa shape index (κ2) is 8.73. The number of ether oxygens (including phenoxy) is 3. The Morgan fingerprint density at radius 3 is 2.15 bits per heavy atom. The van der Waals surface area contributed by atoms with Crippen LogP contribution in [0.3, 0.4) is 0 Å². The van der Waals surface area contributed by atoms with Gasteiger partial charge in [-0.2, -0.15) is 0 Å². The average molecular weight is 382 g/mol. The van der Waals surface area contributed by atoms with Crippen molar-refractivity contribution in [1.82, 2.24) is 0 Å². The molecule has 5 heteroatoms. The van der Waals surface area contributed by atoms with Crippen LogP contribution in [0.25, 0.3) is 11.1 Å². The molecular formula is C22H22O4S. The lowest BCUT2D eigenvalue weighted by molar-refractivity contribution is 0.371. The zero-order valence-corrected chi connectivity index (χ0v) is 16.4. The minimum Gasteiger partial charge on any atom is -0.508 e. The molecule has 0 aliphatic carbocycles. The zero-order valence-electron chi connectivity index (χ0n) is 15.6. The third kappa shape index (κ3) is 4.31. The number of benzene rings is 3. The Bertz CT molecular complexity index is 899. The minimum atomic E-state index is 0.255. The SMILES string of the molecule is COc1cc(OC)c(CSc2ccccc2-c2cccc(O)c2)c(OC)c1. The van der Waals surface area contributed by atoms with Gasteiger partial charge < -0.3 is 19.3 Å². The molecule has 0 unspecified atom stereocenters. The molecule has 0 amide bonds. The van der Waals surface area contributed by atoms with E-state index in [1.807, 2.05) is 36.4 Å². The van der Waals surface area contributed by atoms with Crippen LogP contribution < -0.4 is 14.2 Å². The topological polar surface area (TPSA) is 47.9 Å². The quantitative estimate of drug-likeness (QED) is 0.556. The molecule has 3 aromatic rings. The molecule has 0 aromatic heterocycles. The third-order valence-electron chi connectivity index (χ3n) is 4.23. The van der Waals surface area contributed by atoms with E-state index in [9.17, 15) is 5.11 Å². The summed E-state index contributed by atoms with van der Waals surface area (Å²) >= 11 is 1.69. The fourth-order valence-electron chi connectivity index (χ4n) is 2.87. The molecule has 27 heavy (non-hydrogen) atoms. The van der Waals surface area contributed by atoms with Gasteiger partial charge in [0, 0.05) is 28.3 Å². The van der Waals surface area contributed by atoms with Crippen LogP contribution in [0, 0.1) is 0 Å². The van der Waals surface area contributed by atoms with Gasteiger partial charge in [0.1, 0.15) is 23.0 Å². The first-order valence-electron chi connectivity index (χ1n) is 8.46. The molecule has 3 rings (SSSR count). The van der Waals surface area contributed by atoms with E-state index in [0.29, 0.717) is 11.5 Å². The van der Waals surface area contributed by atoms with Crippen molar-refractivity contribution in [3.05, 3.63) is 66.2 Å². The Labute approximate surface area is 163 Å². The van der Waals surface area contributed by atoms with Gasteiger partial charge in [-0.3, -0.25) is 0 Å². The van der Waals surface area contributed by atoms with Crippen LogP contribution in [0.2, 0.25) is 0 Å². The summed E-state index contributed by atoms with van der Waals surface area (Å²) in [6, 6.07) is 19.1. The summed E-state index contributed by atoms with van der Waals surface area (Å²) in [6.07, 6.45) is 0. The number of thioether (sulfide) groups is 1. The number of rotatable bonds is 7. The Hall–Kier alpha value is -2.79. The van der Waals surface area contributed by atoms with E-state index < -0.39 is 0 Å². The summed E-state index contributed by atoms with van der Waals surface area (Å²) in [5.41, 5.74) is 3.02. The maximum atomic E-state index is 9.81. The van der Waals surface area contributed by atoms with Gasteiger partial charge in [0.25, 0.3) is 0 Å². The highest BCUT2D eigenvalue weighted by atomic mass is 32.2. The van der Waals surface area contributed by atoms with Crippen LogP contribution in [0.1, 0.15) is 5.56 Å². The highest BCUT2D eigenvalue weighted by Crippen LogP contribution is 2.40. The normalized spacial score (nSPS) is 10.5. The molecule has 4 nitrogen and oxygen atoms in total. The molecule has 0 radical (unpaired) electrons. The molecule has 3 aromatic carbocycles. The summed E-state index contributed by atoms with van der Waals surface area (Å²) in [5, 5.41) is 9.81. The van der Waals surface area contributed by atoms with Crippen LogP contribution in [-0.4, -0.2) is 26.4 Å². The maximum Gasteiger partial charge on any atom is 0.130 e. The molecule has 0 fully saturated rings. The highest BCUT2D eigenvalue weighted by Gasteiger charge is 2.15. The average Bonchev–Trinajstić information content (AvgIpc) is 2.71. The molecule has 0 spiro atoms. The summed E-state index contributed by atoms with van der Waals surface area (Å²) < 4.78 is 16.4. The van der Waals surface area contributed by atoms with Gasteiger partial charge >= 0.3 is 0 Å². The summed E-state index contributed by atoms with van der Waals surface area (Å²) in [7, 11) is 4.90. The molecule has 0 aliphatic heterocycles. The van der Waals surface area contributed by atoms with Gasteiger partial charge in [0.15, 0.2) is 0 Å². The van der Waals surface area contributed by atoms with Crippen LogP contribution in [0.4, 0.5) is 0 Å².